The van der Waals surface area contributed by atoms with E-state index in [1.54, 1.807) is 0 Å². The van der Waals surface area contributed by atoms with Crippen LogP contribution in [-0.2, 0) is 10.0 Å². The highest BCUT2D eigenvalue weighted by atomic mass is 32.2. The molecule has 1 aromatic rings. The molecule has 0 amide bonds. The van der Waals surface area contributed by atoms with E-state index in [1.165, 1.54) is 17.3 Å². The van der Waals surface area contributed by atoms with Crippen molar-refractivity contribution in [1.82, 2.24) is 9.21 Å². The lowest BCUT2D eigenvalue weighted by molar-refractivity contribution is 0.154. The van der Waals surface area contributed by atoms with Crippen LogP contribution in [0.2, 0.25) is 0 Å². The lowest BCUT2D eigenvalue weighted by Crippen LogP contribution is -2.50. The van der Waals surface area contributed by atoms with E-state index in [0.717, 1.165) is 6.07 Å². The molecule has 1 aromatic carbocycles. The third-order valence-corrected chi connectivity index (χ3v) is 5.97. The van der Waals surface area contributed by atoms with E-state index in [9.17, 15) is 12.8 Å². The molecule has 0 bridgehead atoms. The number of nitrogens with zero attached hydrogens (tertiary/aromatic N) is 2. The Morgan fingerprint density at radius 3 is 2.29 bits per heavy atom. The Morgan fingerprint density at radius 1 is 1.19 bits per heavy atom. The number of halogens is 1. The van der Waals surface area contributed by atoms with Crippen molar-refractivity contribution in [2.75, 3.05) is 31.9 Å². The summed E-state index contributed by atoms with van der Waals surface area (Å²) >= 11 is 0. The molecule has 1 saturated heterocycles. The first kappa shape index (κ1) is 16.2. The fraction of sp³-hybridized carbons (Fsp3) is 0.571. The first-order valence-electron chi connectivity index (χ1n) is 7.03. The zero-order valence-electron chi connectivity index (χ0n) is 12.6. The smallest absolute Gasteiger partial charge is 0.243 e. The molecule has 0 radical (unpaired) electrons. The zero-order chi connectivity index (χ0) is 15.8. The summed E-state index contributed by atoms with van der Waals surface area (Å²) in [5.41, 5.74) is 5.83. The molecule has 0 saturated carbocycles. The molecule has 21 heavy (non-hydrogen) atoms. The van der Waals surface area contributed by atoms with Crippen molar-refractivity contribution in [1.29, 1.82) is 0 Å². The molecule has 0 unspecified atom stereocenters. The van der Waals surface area contributed by atoms with E-state index < -0.39 is 15.8 Å². The minimum Gasteiger partial charge on any atom is -0.399 e. The van der Waals surface area contributed by atoms with Gasteiger partial charge in [-0.1, -0.05) is 0 Å². The van der Waals surface area contributed by atoms with E-state index >= 15 is 0 Å². The van der Waals surface area contributed by atoms with Crippen LogP contribution in [0.4, 0.5) is 10.1 Å². The number of rotatable bonds is 3. The van der Waals surface area contributed by atoms with E-state index in [1.807, 2.05) is 0 Å². The Hall–Kier alpha value is -1.18. The molecule has 0 aliphatic carbocycles. The number of hydrogen-bond donors (Lipinski definition) is 1. The Balaban J connectivity index is 2.28. The standard InChI is InChI=1S/C14H22FN3O2S/c1-10(2)17-4-6-18(7-5-17)21(19,20)14-9-12(16)8-13(15)11(14)3/h8-10H,4-7,16H2,1-3H3. The quantitative estimate of drug-likeness (QED) is 0.857. The van der Waals surface area contributed by atoms with E-state index in [2.05, 4.69) is 18.7 Å². The minimum absolute atomic E-state index is 0.0296. The summed E-state index contributed by atoms with van der Waals surface area (Å²) in [5.74, 6) is -0.589. The van der Waals surface area contributed by atoms with Gasteiger partial charge in [0.25, 0.3) is 0 Å². The molecule has 118 valence electrons. The molecule has 0 spiro atoms. The zero-order valence-corrected chi connectivity index (χ0v) is 13.5. The highest BCUT2D eigenvalue weighted by Crippen LogP contribution is 2.25. The van der Waals surface area contributed by atoms with Gasteiger partial charge in [0.2, 0.25) is 10.0 Å². The highest BCUT2D eigenvalue weighted by Gasteiger charge is 2.31. The third-order valence-electron chi connectivity index (χ3n) is 3.94. The van der Waals surface area contributed by atoms with E-state index in [4.69, 9.17) is 5.73 Å². The molecule has 2 N–H and O–H groups in total. The Kier molecular flexibility index (Phi) is 4.55. The van der Waals surface area contributed by atoms with Gasteiger partial charge in [-0.05, 0) is 32.9 Å². The summed E-state index contributed by atoms with van der Waals surface area (Å²) in [5, 5.41) is 0. The first-order valence-corrected chi connectivity index (χ1v) is 8.47. The molecular weight excluding hydrogens is 293 g/mol. The molecule has 1 heterocycles. The topological polar surface area (TPSA) is 66.6 Å². The predicted molar refractivity (Wildman–Crippen MR) is 81.0 cm³/mol. The van der Waals surface area contributed by atoms with Gasteiger partial charge in [-0.3, -0.25) is 4.90 Å². The molecule has 7 heteroatoms. The van der Waals surface area contributed by atoms with Crippen LogP contribution < -0.4 is 5.73 Å². The SMILES string of the molecule is Cc1c(F)cc(N)cc1S(=O)(=O)N1CCN(C(C)C)CC1. The molecule has 1 aliphatic rings. The van der Waals surface area contributed by atoms with Gasteiger partial charge in [0, 0.05) is 43.5 Å². The third kappa shape index (κ3) is 3.20. The van der Waals surface area contributed by atoms with Crippen LogP contribution in [0, 0.1) is 12.7 Å². The average molecular weight is 315 g/mol. The number of nitrogens with two attached hydrogens (primary N) is 1. The number of anilines is 1. The van der Waals surface area contributed by atoms with Gasteiger partial charge < -0.3 is 5.73 Å². The highest BCUT2D eigenvalue weighted by molar-refractivity contribution is 7.89. The largest absolute Gasteiger partial charge is 0.399 e. The molecule has 1 aliphatic heterocycles. The van der Waals surface area contributed by atoms with Gasteiger partial charge in [-0.15, -0.1) is 0 Å². The van der Waals surface area contributed by atoms with Crippen LogP contribution in [-0.4, -0.2) is 49.8 Å². The van der Waals surface area contributed by atoms with Gasteiger partial charge in [0.05, 0.1) is 4.90 Å². The number of piperazine rings is 1. The van der Waals surface area contributed by atoms with Crippen LogP contribution >= 0.6 is 0 Å². The lowest BCUT2D eigenvalue weighted by Gasteiger charge is -2.36. The Bertz CT molecular complexity index is 623. The average Bonchev–Trinajstić information content (AvgIpc) is 2.42. The summed E-state index contributed by atoms with van der Waals surface area (Å²) in [6.45, 7) is 7.82. The summed E-state index contributed by atoms with van der Waals surface area (Å²) in [7, 11) is -3.70. The van der Waals surface area contributed by atoms with Gasteiger partial charge in [-0.25, -0.2) is 12.8 Å². The van der Waals surface area contributed by atoms with Crippen molar-refractivity contribution in [3.05, 3.63) is 23.5 Å². The minimum atomic E-state index is -3.70. The van der Waals surface area contributed by atoms with Crippen molar-refractivity contribution in [3.63, 3.8) is 0 Å². The maximum Gasteiger partial charge on any atom is 0.243 e. The van der Waals surface area contributed by atoms with Crippen LogP contribution in [0.5, 0.6) is 0 Å². The fourth-order valence-electron chi connectivity index (χ4n) is 2.54. The number of sulfonamides is 1. The molecule has 0 aromatic heterocycles. The van der Waals surface area contributed by atoms with Crippen LogP contribution in [0.15, 0.2) is 17.0 Å². The van der Waals surface area contributed by atoms with E-state index in [-0.39, 0.29) is 16.1 Å². The maximum absolute atomic E-state index is 13.7. The van der Waals surface area contributed by atoms with Gasteiger partial charge >= 0.3 is 0 Å². The monoisotopic (exact) mass is 315 g/mol. The Morgan fingerprint density at radius 2 is 1.76 bits per heavy atom. The van der Waals surface area contributed by atoms with Crippen molar-refractivity contribution >= 4 is 15.7 Å². The van der Waals surface area contributed by atoms with Crippen molar-refractivity contribution in [2.24, 2.45) is 0 Å². The van der Waals surface area contributed by atoms with Crippen molar-refractivity contribution in [2.45, 2.75) is 31.7 Å². The fourth-order valence-corrected chi connectivity index (χ4v) is 4.23. The van der Waals surface area contributed by atoms with Crippen LogP contribution in [0.3, 0.4) is 0 Å². The summed E-state index contributed by atoms with van der Waals surface area (Å²) in [4.78, 5) is 2.19. The van der Waals surface area contributed by atoms with Gasteiger partial charge in [0.1, 0.15) is 5.82 Å². The number of benzene rings is 1. The predicted octanol–water partition coefficient (Wildman–Crippen LogP) is 1.43. The maximum atomic E-state index is 13.7. The van der Waals surface area contributed by atoms with Crippen molar-refractivity contribution in [3.8, 4) is 0 Å². The molecule has 0 atom stereocenters. The Labute approximate surface area is 125 Å². The van der Waals surface area contributed by atoms with Crippen LogP contribution in [0.25, 0.3) is 0 Å². The second-order valence-corrected chi connectivity index (χ2v) is 7.57. The van der Waals surface area contributed by atoms with Crippen LogP contribution in [0.1, 0.15) is 19.4 Å². The summed E-state index contributed by atoms with van der Waals surface area (Å²) in [6.07, 6.45) is 0. The molecule has 1 fully saturated rings. The first-order chi connectivity index (χ1) is 9.73. The molecule has 2 rings (SSSR count). The molecular formula is C14H22FN3O2S. The number of nitrogen functional groups attached to an aromatic ring is 1. The second-order valence-electron chi connectivity index (χ2n) is 5.66. The van der Waals surface area contributed by atoms with Gasteiger partial charge in [0.15, 0.2) is 0 Å². The van der Waals surface area contributed by atoms with E-state index in [0.29, 0.717) is 32.2 Å². The number of hydrogen-bond acceptors (Lipinski definition) is 4. The van der Waals surface area contributed by atoms with Crippen molar-refractivity contribution < 1.29 is 12.8 Å². The summed E-state index contributed by atoms with van der Waals surface area (Å²) in [6, 6.07) is 2.87. The molecule has 5 nitrogen and oxygen atoms in total. The summed E-state index contributed by atoms with van der Waals surface area (Å²) < 4.78 is 40.5. The second kappa shape index (κ2) is 5.90. The van der Waals surface area contributed by atoms with Gasteiger partial charge in [-0.2, -0.15) is 4.31 Å². The lowest BCUT2D eigenvalue weighted by atomic mass is 10.2. The normalized spacial score (nSPS) is 18.3.